The summed E-state index contributed by atoms with van der Waals surface area (Å²) < 4.78 is 0. The van der Waals surface area contributed by atoms with Gasteiger partial charge in [-0.2, -0.15) is 0 Å². The molecule has 1 heterocycles. The van der Waals surface area contributed by atoms with E-state index in [1.807, 2.05) is 0 Å². The van der Waals surface area contributed by atoms with Gasteiger partial charge >= 0.3 is 0 Å². The van der Waals surface area contributed by atoms with E-state index in [2.05, 4.69) is 18.7 Å². The van der Waals surface area contributed by atoms with Gasteiger partial charge in [0.2, 0.25) is 0 Å². The summed E-state index contributed by atoms with van der Waals surface area (Å²) in [7, 11) is 0. The molecule has 3 unspecified atom stereocenters. The minimum atomic E-state index is 0.439. The van der Waals surface area contributed by atoms with E-state index < -0.39 is 0 Å². The van der Waals surface area contributed by atoms with Gasteiger partial charge in [-0.3, -0.25) is 4.90 Å². The standard InChI is InChI=1S/C15H30N2/c1-3-4-13-7-9-17(10-8-13)15-11-12(2)5-6-14(15)16/h12-15H,3-11,16H2,1-2H3. The first-order valence-corrected chi connectivity index (χ1v) is 7.70. The van der Waals surface area contributed by atoms with Crippen LogP contribution in [0.25, 0.3) is 0 Å². The van der Waals surface area contributed by atoms with Gasteiger partial charge in [-0.15, -0.1) is 0 Å². The third kappa shape index (κ3) is 3.45. The largest absolute Gasteiger partial charge is 0.326 e. The van der Waals surface area contributed by atoms with Crippen LogP contribution in [0.15, 0.2) is 0 Å². The lowest BCUT2D eigenvalue weighted by molar-refractivity contribution is 0.0773. The molecular weight excluding hydrogens is 208 g/mol. The highest BCUT2D eigenvalue weighted by Crippen LogP contribution is 2.30. The maximum Gasteiger partial charge on any atom is 0.0249 e. The van der Waals surface area contributed by atoms with Crippen molar-refractivity contribution in [2.45, 2.75) is 70.9 Å². The molecule has 1 aliphatic heterocycles. The van der Waals surface area contributed by atoms with Gasteiger partial charge in [0, 0.05) is 12.1 Å². The molecule has 2 heteroatoms. The van der Waals surface area contributed by atoms with Crippen molar-refractivity contribution in [2.24, 2.45) is 17.6 Å². The summed E-state index contributed by atoms with van der Waals surface area (Å²) in [6.07, 6.45) is 9.51. The Bertz CT molecular complexity index is 221. The van der Waals surface area contributed by atoms with Gasteiger partial charge in [-0.25, -0.2) is 0 Å². The van der Waals surface area contributed by atoms with Gasteiger partial charge in [-0.05, 0) is 57.0 Å². The number of likely N-dealkylation sites (tertiary alicyclic amines) is 1. The van der Waals surface area contributed by atoms with E-state index >= 15 is 0 Å². The van der Waals surface area contributed by atoms with Crippen molar-refractivity contribution in [3.63, 3.8) is 0 Å². The first-order valence-electron chi connectivity index (χ1n) is 7.70. The number of nitrogens with two attached hydrogens (primary N) is 1. The van der Waals surface area contributed by atoms with Crippen LogP contribution in [0, 0.1) is 11.8 Å². The van der Waals surface area contributed by atoms with Gasteiger partial charge in [0.1, 0.15) is 0 Å². The highest BCUT2D eigenvalue weighted by Gasteiger charge is 2.32. The van der Waals surface area contributed by atoms with E-state index in [0.29, 0.717) is 12.1 Å². The monoisotopic (exact) mass is 238 g/mol. The summed E-state index contributed by atoms with van der Waals surface area (Å²) in [5.74, 6) is 1.88. The van der Waals surface area contributed by atoms with Crippen molar-refractivity contribution in [1.29, 1.82) is 0 Å². The molecule has 2 N–H and O–H groups in total. The zero-order valence-corrected chi connectivity index (χ0v) is 11.7. The Kier molecular flexibility index (Phi) is 4.87. The molecule has 0 aromatic carbocycles. The van der Waals surface area contributed by atoms with Gasteiger partial charge in [0.15, 0.2) is 0 Å². The summed E-state index contributed by atoms with van der Waals surface area (Å²) in [4.78, 5) is 2.70. The summed E-state index contributed by atoms with van der Waals surface area (Å²) in [5.41, 5.74) is 6.32. The Labute approximate surface area is 107 Å². The molecular formula is C15H30N2. The molecule has 17 heavy (non-hydrogen) atoms. The molecule has 0 amide bonds. The minimum Gasteiger partial charge on any atom is -0.326 e. The lowest BCUT2D eigenvalue weighted by Gasteiger charge is -2.43. The van der Waals surface area contributed by atoms with Gasteiger partial charge < -0.3 is 5.73 Å². The van der Waals surface area contributed by atoms with Crippen molar-refractivity contribution in [1.82, 2.24) is 4.90 Å². The zero-order valence-electron chi connectivity index (χ0n) is 11.7. The summed E-state index contributed by atoms with van der Waals surface area (Å²) in [5, 5.41) is 0. The Hall–Kier alpha value is -0.0800. The lowest BCUT2D eigenvalue weighted by atomic mass is 9.81. The predicted octanol–water partition coefficient (Wildman–Crippen LogP) is 3.01. The third-order valence-electron chi connectivity index (χ3n) is 4.95. The minimum absolute atomic E-state index is 0.439. The number of hydrogen-bond donors (Lipinski definition) is 1. The highest BCUT2D eigenvalue weighted by atomic mass is 15.2. The highest BCUT2D eigenvalue weighted by molar-refractivity contribution is 4.90. The first kappa shape index (κ1) is 13.4. The van der Waals surface area contributed by atoms with Crippen molar-refractivity contribution >= 4 is 0 Å². The molecule has 3 atom stereocenters. The molecule has 0 bridgehead atoms. The van der Waals surface area contributed by atoms with Gasteiger partial charge in [0.05, 0.1) is 0 Å². The molecule has 2 nitrogen and oxygen atoms in total. The quantitative estimate of drug-likeness (QED) is 0.819. The molecule has 1 saturated heterocycles. The number of rotatable bonds is 3. The molecule has 0 aromatic rings. The normalized spacial score (nSPS) is 37.2. The smallest absolute Gasteiger partial charge is 0.0249 e. The molecule has 2 fully saturated rings. The average Bonchev–Trinajstić information content (AvgIpc) is 2.34. The van der Waals surface area contributed by atoms with Crippen molar-refractivity contribution in [3.05, 3.63) is 0 Å². The topological polar surface area (TPSA) is 29.3 Å². The third-order valence-corrected chi connectivity index (χ3v) is 4.95. The number of nitrogens with zero attached hydrogens (tertiary/aromatic N) is 1. The van der Waals surface area contributed by atoms with Crippen LogP contribution in [0.5, 0.6) is 0 Å². The SMILES string of the molecule is CCCC1CCN(C2CC(C)CCC2N)CC1. The van der Waals surface area contributed by atoms with Crippen LogP contribution < -0.4 is 5.73 Å². The van der Waals surface area contributed by atoms with E-state index in [1.165, 1.54) is 58.0 Å². The fourth-order valence-electron chi connectivity index (χ4n) is 3.78. The van der Waals surface area contributed by atoms with E-state index in [4.69, 9.17) is 5.73 Å². The fraction of sp³-hybridized carbons (Fsp3) is 1.00. The number of piperidine rings is 1. The number of hydrogen-bond acceptors (Lipinski definition) is 2. The lowest BCUT2D eigenvalue weighted by Crippen LogP contribution is -2.53. The van der Waals surface area contributed by atoms with Gasteiger partial charge in [0.25, 0.3) is 0 Å². The fourth-order valence-corrected chi connectivity index (χ4v) is 3.78. The van der Waals surface area contributed by atoms with E-state index in [-0.39, 0.29) is 0 Å². The van der Waals surface area contributed by atoms with Crippen molar-refractivity contribution < 1.29 is 0 Å². The van der Waals surface area contributed by atoms with Crippen LogP contribution in [-0.2, 0) is 0 Å². The van der Waals surface area contributed by atoms with Crippen molar-refractivity contribution in [3.8, 4) is 0 Å². The van der Waals surface area contributed by atoms with Crippen molar-refractivity contribution in [2.75, 3.05) is 13.1 Å². The van der Waals surface area contributed by atoms with Crippen LogP contribution >= 0.6 is 0 Å². The van der Waals surface area contributed by atoms with Crippen LogP contribution in [0.4, 0.5) is 0 Å². The van der Waals surface area contributed by atoms with E-state index in [1.54, 1.807) is 0 Å². The second-order valence-corrected chi connectivity index (χ2v) is 6.42. The Morgan fingerprint density at radius 2 is 1.82 bits per heavy atom. The Morgan fingerprint density at radius 3 is 2.47 bits per heavy atom. The first-order chi connectivity index (χ1) is 8.20. The molecule has 2 rings (SSSR count). The van der Waals surface area contributed by atoms with Crippen LogP contribution in [0.2, 0.25) is 0 Å². The average molecular weight is 238 g/mol. The summed E-state index contributed by atoms with van der Waals surface area (Å²) in [6.45, 7) is 7.30. The van der Waals surface area contributed by atoms with Gasteiger partial charge in [-0.1, -0.05) is 26.7 Å². The molecule has 100 valence electrons. The molecule has 2 aliphatic rings. The van der Waals surface area contributed by atoms with Crippen LogP contribution in [-0.4, -0.2) is 30.1 Å². The molecule has 1 aliphatic carbocycles. The van der Waals surface area contributed by atoms with Crippen LogP contribution in [0.3, 0.4) is 0 Å². The van der Waals surface area contributed by atoms with Crippen LogP contribution in [0.1, 0.15) is 58.8 Å². The molecule has 0 spiro atoms. The van der Waals surface area contributed by atoms with E-state index in [9.17, 15) is 0 Å². The molecule has 0 aromatic heterocycles. The predicted molar refractivity (Wildman–Crippen MR) is 74.0 cm³/mol. The zero-order chi connectivity index (χ0) is 12.3. The molecule has 0 radical (unpaired) electrons. The maximum atomic E-state index is 6.32. The Morgan fingerprint density at radius 1 is 1.12 bits per heavy atom. The maximum absolute atomic E-state index is 6.32. The molecule has 1 saturated carbocycles. The van der Waals surface area contributed by atoms with E-state index in [0.717, 1.165) is 11.8 Å². The Balaban J connectivity index is 1.82. The second-order valence-electron chi connectivity index (χ2n) is 6.42. The second kappa shape index (κ2) is 6.19. The summed E-state index contributed by atoms with van der Waals surface area (Å²) >= 11 is 0. The summed E-state index contributed by atoms with van der Waals surface area (Å²) in [6, 6.07) is 1.12.